The van der Waals surface area contributed by atoms with Gasteiger partial charge in [-0.15, -0.1) is 0 Å². The summed E-state index contributed by atoms with van der Waals surface area (Å²) in [6.07, 6.45) is 0.480. The summed E-state index contributed by atoms with van der Waals surface area (Å²) in [7, 11) is 0.681. The van der Waals surface area contributed by atoms with E-state index in [1.54, 1.807) is 23.1 Å². The van der Waals surface area contributed by atoms with Crippen molar-refractivity contribution in [2.75, 3.05) is 49.3 Å². The minimum absolute atomic E-state index is 0.0261. The Morgan fingerprint density at radius 1 is 1.24 bits per heavy atom. The highest BCUT2D eigenvalue weighted by Crippen LogP contribution is 2.23. The van der Waals surface area contributed by atoms with Crippen LogP contribution in [0, 0.1) is 0 Å². The lowest BCUT2D eigenvalue weighted by Gasteiger charge is -2.24. The Morgan fingerprint density at radius 2 is 1.95 bits per heavy atom. The summed E-state index contributed by atoms with van der Waals surface area (Å²) in [6.45, 7) is 0.697. The normalized spacial score (nSPS) is 18.1. The predicted octanol–water partition coefficient (Wildman–Crippen LogP) is 0.595. The zero-order valence-corrected chi connectivity index (χ0v) is 13.2. The second kappa shape index (κ2) is 5.93. The van der Waals surface area contributed by atoms with Crippen LogP contribution in [0.1, 0.15) is 16.8 Å². The lowest BCUT2D eigenvalue weighted by molar-refractivity contribution is 0.0769. The fraction of sp³-hybridized carbons (Fsp3) is 0.500. The van der Waals surface area contributed by atoms with Crippen LogP contribution in [0.3, 0.4) is 0 Å². The smallest absolute Gasteiger partial charge is 0.256 e. The molecule has 0 bridgehead atoms. The number of benzene rings is 1. The van der Waals surface area contributed by atoms with Crippen LogP contribution in [0.15, 0.2) is 18.2 Å². The van der Waals surface area contributed by atoms with Gasteiger partial charge >= 0.3 is 0 Å². The molecule has 1 aromatic carbocycles. The summed E-state index contributed by atoms with van der Waals surface area (Å²) in [6, 6.07) is 5.20. The molecule has 0 spiro atoms. The summed E-state index contributed by atoms with van der Waals surface area (Å²) in [4.78, 5) is 16.1. The molecule has 1 fully saturated rings. The average Bonchev–Trinajstić information content (AvgIpc) is 2.58. The molecule has 1 aliphatic rings. The van der Waals surface area contributed by atoms with Crippen LogP contribution < -0.4 is 10.6 Å². The first-order chi connectivity index (χ1) is 9.80. The van der Waals surface area contributed by atoms with E-state index >= 15 is 0 Å². The molecule has 0 unspecified atom stereocenters. The van der Waals surface area contributed by atoms with Crippen molar-refractivity contribution in [3.63, 3.8) is 0 Å². The zero-order valence-electron chi connectivity index (χ0n) is 12.4. The number of rotatable bonds is 2. The minimum Gasteiger partial charge on any atom is -0.399 e. The highest BCUT2D eigenvalue weighted by atomic mass is 32.2. The largest absolute Gasteiger partial charge is 0.399 e. The summed E-state index contributed by atoms with van der Waals surface area (Å²) < 4.78 is 23.3. The number of carbonyl (C=O) groups excluding carboxylic acids is 1. The molecule has 1 heterocycles. The topological polar surface area (TPSA) is 83.7 Å². The standard InChI is InChI=1S/C14H21N3O3S/c1-16(2)13-5-4-11(15)10-12(13)14(18)17-6-3-8-21(19,20)9-7-17/h4-5,10H,3,6-9,15H2,1-2H3. The van der Waals surface area contributed by atoms with Crippen LogP contribution in [-0.4, -0.2) is 57.9 Å². The van der Waals surface area contributed by atoms with Gasteiger partial charge in [0.15, 0.2) is 9.84 Å². The van der Waals surface area contributed by atoms with Gasteiger partial charge in [0.2, 0.25) is 0 Å². The van der Waals surface area contributed by atoms with Crippen LogP contribution in [-0.2, 0) is 9.84 Å². The third kappa shape index (κ3) is 3.66. The van der Waals surface area contributed by atoms with E-state index in [0.717, 1.165) is 5.69 Å². The number of nitrogens with two attached hydrogens (primary N) is 1. The van der Waals surface area contributed by atoms with Gasteiger partial charge in [0.05, 0.1) is 17.1 Å². The third-order valence-electron chi connectivity index (χ3n) is 3.58. The van der Waals surface area contributed by atoms with Crippen molar-refractivity contribution in [3.05, 3.63) is 23.8 Å². The maximum absolute atomic E-state index is 12.7. The molecule has 0 atom stereocenters. The zero-order chi connectivity index (χ0) is 15.6. The van der Waals surface area contributed by atoms with Crippen molar-refractivity contribution in [1.29, 1.82) is 0 Å². The molecule has 7 heteroatoms. The number of hydrogen-bond acceptors (Lipinski definition) is 5. The summed E-state index contributed by atoms with van der Waals surface area (Å²) in [5.41, 5.74) is 7.60. The van der Waals surface area contributed by atoms with E-state index in [-0.39, 0.29) is 24.0 Å². The molecule has 1 aromatic rings. The molecule has 0 saturated carbocycles. The van der Waals surface area contributed by atoms with Crippen LogP contribution in [0.4, 0.5) is 11.4 Å². The van der Waals surface area contributed by atoms with Gasteiger partial charge in [0, 0.05) is 38.6 Å². The molecule has 21 heavy (non-hydrogen) atoms. The summed E-state index contributed by atoms with van der Waals surface area (Å²) in [5.74, 6) is 0.00942. The lowest BCUT2D eigenvalue weighted by atomic mass is 10.1. The average molecular weight is 311 g/mol. The fourth-order valence-electron chi connectivity index (χ4n) is 2.43. The predicted molar refractivity (Wildman–Crippen MR) is 84.4 cm³/mol. The third-order valence-corrected chi connectivity index (χ3v) is 5.29. The van der Waals surface area contributed by atoms with E-state index < -0.39 is 9.84 Å². The fourth-order valence-corrected chi connectivity index (χ4v) is 3.70. The number of anilines is 2. The molecular weight excluding hydrogens is 290 g/mol. The van der Waals surface area contributed by atoms with Crippen molar-refractivity contribution in [2.24, 2.45) is 0 Å². The van der Waals surface area contributed by atoms with Gasteiger partial charge in [0.1, 0.15) is 0 Å². The Balaban J connectivity index is 2.29. The number of hydrogen-bond donors (Lipinski definition) is 1. The maximum atomic E-state index is 12.7. The number of carbonyl (C=O) groups is 1. The molecule has 1 aliphatic heterocycles. The molecule has 1 amide bonds. The molecule has 0 aromatic heterocycles. The first-order valence-corrected chi connectivity index (χ1v) is 8.69. The van der Waals surface area contributed by atoms with Crippen molar-refractivity contribution >= 4 is 27.1 Å². The summed E-state index contributed by atoms with van der Waals surface area (Å²) >= 11 is 0. The molecular formula is C14H21N3O3S. The van der Waals surface area contributed by atoms with Gasteiger partial charge in [-0.2, -0.15) is 0 Å². The maximum Gasteiger partial charge on any atom is 0.256 e. The molecule has 0 radical (unpaired) electrons. The Hall–Kier alpha value is -1.76. The van der Waals surface area contributed by atoms with Gasteiger partial charge in [-0.05, 0) is 24.6 Å². The van der Waals surface area contributed by atoms with Crippen molar-refractivity contribution < 1.29 is 13.2 Å². The van der Waals surface area contributed by atoms with Crippen molar-refractivity contribution in [3.8, 4) is 0 Å². The first-order valence-electron chi connectivity index (χ1n) is 6.87. The van der Waals surface area contributed by atoms with Crippen LogP contribution in [0.5, 0.6) is 0 Å². The number of amides is 1. The number of nitrogen functional groups attached to an aromatic ring is 1. The van der Waals surface area contributed by atoms with Gasteiger partial charge < -0.3 is 15.5 Å². The van der Waals surface area contributed by atoms with Crippen LogP contribution in [0.25, 0.3) is 0 Å². The molecule has 6 nitrogen and oxygen atoms in total. The lowest BCUT2D eigenvalue weighted by Crippen LogP contribution is -2.34. The van der Waals surface area contributed by atoms with E-state index in [4.69, 9.17) is 5.73 Å². The molecule has 2 rings (SSSR count). The quantitative estimate of drug-likeness (QED) is 0.808. The van der Waals surface area contributed by atoms with Gasteiger partial charge in [-0.25, -0.2) is 8.42 Å². The van der Waals surface area contributed by atoms with E-state index in [0.29, 0.717) is 24.2 Å². The Bertz CT molecular complexity index is 641. The van der Waals surface area contributed by atoms with Gasteiger partial charge in [-0.1, -0.05) is 0 Å². The van der Waals surface area contributed by atoms with Crippen molar-refractivity contribution in [2.45, 2.75) is 6.42 Å². The monoisotopic (exact) mass is 311 g/mol. The highest BCUT2D eigenvalue weighted by Gasteiger charge is 2.25. The summed E-state index contributed by atoms with van der Waals surface area (Å²) in [5, 5.41) is 0. The highest BCUT2D eigenvalue weighted by molar-refractivity contribution is 7.91. The second-order valence-corrected chi connectivity index (χ2v) is 7.77. The molecule has 116 valence electrons. The van der Waals surface area contributed by atoms with E-state index in [9.17, 15) is 13.2 Å². The Labute approximate surface area is 125 Å². The number of sulfone groups is 1. The van der Waals surface area contributed by atoms with E-state index in [2.05, 4.69) is 0 Å². The van der Waals surface area contributed by atoms with Crippen LogP contribution in [0.2, 0.25) is 0 Å². The Kier molecular flexibility index (Phi) is 4.41. The minimum atomic E-state index is -3.03. The molecule has 1 saturated heterocycles. The van der Waals surface area contributed by atoms with Crippen LogP contribution >= 0.6 is 0 Å². The Morgan fingerprint density at radius 3 is 2.62 bits per heavy atom. The van der Waals surface area contributed by atoms with E-state index in [1.165, 1.54) is 0 Å². The second-order valence-electron chi connectivity index (χ2n) is 5.47. The van der Waals surface area contributed by atoms with E-state index in [1.807, 2.05) is 19.0 Å². The van der Waals surface area contributed by atoms with Gasteiger partial charge in [-0.3, -0.25) is 4.79 Å². The molecule has 0 aliphatic carbocycles. The number of nitrogens with zero attached hydrogens (tertiary/aromatic N) is 2. The first kappa shape index (κ1) is 15.6. The van der Waals surface area contributed by atoms with Crippen molar-refractivity contribution in [1.82, 2.24) is 4.90 Å². The molecule has 2 N–H and O–H groups in total. The SMILES string of the molecule is CN(C)c1ccc(N)cc1C(=O)N1CCCS(=O)(=O)CC1. The van der Waals surface area contributed by atoms with Gasteiger partial charge in [0.25, 0.3) is 5.91 Å².